The van der Waals surface area contributed by atoms with Gasteiger partial charge in [-0.25, -0.2) is 0 Å². The molecule has 0 aliphatic carbocycles. The molecular formula is C21H26N2O2. The van der Waals surface area contributed by atoms with Gasteiger partial charge in [-0.3, -0.25) is 9.88 Å². The van der Waals surface area contributed by atoms with Gasteiger partial charge in [0.1, 0.15) is 5.75 Å². The van der Waals surface area contributed by atoms with Crippen molar-refractivity contribution in [1.82, 2.24) is 9.88 Å². The summed E-state index contributed by atoms with van der Waals surface area (Å²) in [5.74, 6) is 1.98. The lowest BCUT2D eigenvalue weighted by molar-refractivity contribution is -0.0772. The minimum atomic E-state index is -0.515. The summed E-state index contributed by atoms with van der Waals surface area (Å²) in [6.07, 6.45) is 5.64. The fourth-order valence-corrected chi connectivity index (χ4v) is 4.85. The summed E-state index contributed by atoms with van der Waals surface area (Å²) in [5, 5.41) is 12.1. The average Bonchev–Trinajstić information content (AvgIpc) is 2.66. The molecule has 3 fully saturated rings. The number of benzene rings is 1. The monoisotopic (exact) mass is 338 g/mol. The molecular weight excluding hydrogens is 312 g/mol. The Bertz CT molecular complexity index is 789. The highest BCUT2D eigenvalue weighted by molar-refractivity contribution is 5.80. The molecule has 3 aliphatic heterocycles. The molecule has 6 atom stereocenters. The van der Waals surface area contributed by atoms with Crippen LogP contribution in [0.15, 0.2) is 43.1 Å². The first-order valence-corrected chi connectivity index (χ1v) is 9.12. The van der Waals surface area contributed by atoms with Gasteiger partial charge in [0.2, 0.25) is 0 Å². The van der Waals surface area contributed by atoms with Gasteiger partial charge in [-0.2, -0.15) is 0 Å². The minimum absolute atomic E-state index is 0.162. The highest BCUT2D eigenvalue weighted by Gasteiger charge is 2.46. The Labute approximate surface area is 149 Å². The van der Waals surface area contributed by atoms with Crippen LogP contribution < -0.4 is 4.74 Å². The normalized spacial score (nSPS) is 32.5. The van der Waals surface area contributed by atoms with E-state index < -0.39 is 6.10 Å². The van der Waals surface area contributed by atoms with Gasteiger partial charge >= 0.3 is 0 Å². The lowest BCUT2D eigenvalue weighted by atomic mass is 9.70. The van der Waals surface area contributed by atoms with Gasteiger partial charge < -0.3 is 9.84 Å². The quantitative estimate of drug-likeness (QED) is 0.866. The number of ether oxygens (including phenoxy) is 1. The fourth-order valence-electron chi connectivity index (χ4n) is 4.85. The van der Waals surface area contributed by atoms with Gasteiger partial charge in [0.25, 0.3) is 0 Å². The van der Waals surface area contributed by atoms with Crippen LogP contribution in [0.2, 0.25) is 0 Å². The summed E-state index contributed by atoms with van der Waals surface area (Å²) < 4.78 is 5.31. The number of fused-ring (bicyclic) bond motifs is 4. The molecule has 4 heterocycles. The summed E-state index contributed by atoms with van der Waals surface area (Å²) in [6, 6.07) is 8.49. The number of nitrogens with zero attached hydrogens (tertiary/aromatic N) is 2. The van der Waals surface area contributed by atoms with Gasteiger partial charge in [-0.15, -0.1) is 6.58 Å². The number of rotatable bonds is 4. The van der Waals surface area contributed by atoms with Crippen LogP contribution in [0.5, 0.6) is 5.75 Å². The Morgan fingerprint density at radius 3 is 2.96 bits per heavy atom. The van der Waals surface area contributed by atoms with Gasteiger partial charge in [0, 0.05) is 29.2 Å². The summed E-state index contributed by atoms with van der Waals surface area (Å²) in [5.41, 5.74) is 1.81. The van der Waals surface area contributed by atoms with Crippen LogP contribution in [0.3, 0.4) is 0 Å². The molecule has 132 valence electrons. The van der Waals surface area contributed by atoms with Crippen LogP contribution in [-0.4, -0.2) is 40.7 Å². The smallest absolute Gasteiger partial charge is 0.119 e. The number of pyridine rings is 1. The largest absolute Gasteiger partial charge is 0.497 e. The Balaban J connectivity index is 1.63. The molecule has 4 heteroatoms. The molecule has 3 saturated heterocycles. The summed E-state index contributed by atoms with van der Waals surface area (Å²) in [7, 11) is 1.66. The Kier molecular flexibility index (Phi) is 4.26. The fraction of sp³-hybridized carbons (Fsp3) is 0.476. The highest BCUT2D eigenvalue weighted by atomic mass is 16.5. The molecule has 0 spiro atoms. The third-order valence-corrected chi connectivity index (χ3v) is 6.24. The molecule has 0 amide bonds. The van der Waals surface area contributed by atoms with Crippen molar-refractivity contribution in [3.05, 3.63) is 48.7 Å². The van der Waals surface area contributed by atoms with E-state index in [9.17, 15) is 5.11 Å². The maximum Gasteiger partial charge on any atom is 0.119 e. The lowest BCUT2D eigenvalue weighted by Crippen LogP contribution is -2.59. The van der Waals surface area contributed by atoms with Crippen molar-refractivity contribution in [2.75, 3.05) is 13.7 Å². The first-order valence-electron chi connectivity index (χ1n) is 9.12. The van der Waals surface area contributed by atoms with Crippen LogP contribution in [0.4, 0.5) is 0 Å². The maximum absolute atomic E-state index is 11.1. The molecule has 2 bridgehead atoms. The van der Waals surface area contributed by atoms with Crippen LogP contribution in [0, 0.1) is 11.8 Å². The van der Waals surface area contributed by atoms with Crippen molar-refractivity contribution in [1.29, 1.82) is 0 Å². The van der Waals surface area contributed by atoms with Crippen molar-refractivity contribution in [3.63, 3.8) is 0 Å². The zero-order valence-corrected chi connectivity index (χ0v) is 14.9. The van der Waals surface area contributed by atoms with E-state index in [1.165, 1.54) is 6.42 Å². The SMILES string of the molecule is C=C[C@@H]1C2CCN(C1C)[C@@H]([C@H](O)c1cnc3ccc(OC)cc3c1)C2. The summed E-state index contributed by atoms with van der Waals surface area (Å²) in [6.45, 7) is 7.35. The van der Waals surface area contributed by atoms with E-state index in [0.29, 0.717) is 17.9 Å². The van der Waals surface area contributed by atoms with Crippen molar-refractivity contribution in [3.8, 4) is 5.75 Å². The molecule has 1 N–H and O–H groups in total. The Morgan fingerprint density at radius 1 is 1.40 bits per heavy atom. The van der Waals surface area contributed by atoms with Gasteiger partial charge in [-0.1, -0.05) is 6.08 Å². The first-order chi connectivity index (χ1) is 12.1. The molecule has 0 radical (unpaired) electrons. The molecule has 25 heavy (non-hydrogen) atoms. The van der Waals surface area contributed by atoms with E-state index in [-0.39, 0.29) is 6.04 Å². The van der Waals surface area contributed by atoms with E-state index >= 15 is 0 Å². The molecule has 3 unspecified atom stereocenters. The topological polar surface area (TPSA) is 45.6 Å². The van der Waals surface area contributed by atoms with Crippen LogP contribution >= 0.6 is 0 Å². The predicted molar refractivity (Wildman–Crippen MR) is 99.6 cm³/mol. The van der Waals surface area contributed by atoms with E-state index in [1.807, 2.05) is 24.4 Å². The second-order valence-electron chi connectivity index (χ2n) is 7.42. The van der Waals surface area contributed by atoms with E-state index in [1.54, 1.807) is 7.11 Å². The molecule has 0 saturated carbocycles. The number of piperidine rings is 3. The van der Waals surface area contributed by atoms with Gasteiger partial charge in [0.05, 0.1) is 18.7 Å². The van der Waals surface area contributed by atoms with Gasteiger partial charge in [-0.05, 0) is 62.4 Å². The predicted octanol–water partition coefficient (Wildman–Crippen LogP) is 3.56. The number of aliphatic hydroxyl groups is 1. The zero-order valence-electron chi connectivity index (χ0n) is 14.9. The highest BCUT2D eigenvalue weighted by Crippen LogP contribution is 2.44. The lowest BCUT2D eigenvalue weighted by Gasteiger charge is -2.54. The van der Waals surface area contributed by atoms with E-state index in [2.05, 4.69) is 35.5 Å². The Hall–Kier alpha value is -1.91. The third-order valence-electron chi connectivity index (χ3n) is 6.24. The summed E-state index contributed by atoms with van der Waals surface area (Å²) in [4.78, 5) is 7.00. The first kappa shape index (κ1) is 16.6. The van der Waals surface area contributed by atoms with Crippen LogP contribution in [0.25, 0.3) is 10.9 Å². The summed E-state index contributed by atoms with van der Waals surface area (Å²) >= 11 is 0. The average molecular weight is 338 g/mol. The number of hydrogen-bond donors (Lipinski definition) is 1. The number of methoxy groups -OCH3 is 1. The third kappa shape index (κ3) is 2.74. The molecule has 1 aromatic heterocycles. The van der Waals surface area contributed by atoms with Crippen molar-refractivity contribution >= 4 is 10.9 Å². The molecule has 5 rings (SSSR count). The van der Waals surface area contributed by atoms with Gasteiger partial charge in [0.15, 0.2) is 0 Å². The van der Waals surface area contributed by atoms with E-state index in [0.717, 1.165) is 35.2 Å². The minimum Gasteiger partial charge on any atom is -0.497 e. The van der Waals surface area contributed by atoms with Crippen molar-refractivity contribution in [2.24, 2.45) is 11.8 Å². The van der Waals surface area contributed by atoms with Crippen molar-refractivity contribution < 1.29 is 9.84 Å². The zero-order chi connectivity index (χ0) is 17.6. The second-order valence-corrected chi connectivity index (χ2v) is 7.42. The van der Waals surface area contributed by atoms with Crippen LogP contribution in [0.1, 0.15) is 31.4 Å². The Morgan fingerprint density at radius 2 is 2.24 bits per heavy atom. The number of aliphatic hydroxyl groups excluding tert-OH is 1. The second kappa shape index (κ2) is 6.43. The molecule has 3 aliphatic rings. The van der Waals surface area contributed by atoms with Crippen molar-refractivity contribution in [2.45, 2.75) is 38.0 Å². The van der Waals surface area contributed by atoms with E-state index in [4.69, 9.17) is 4.74 Å². The van der Waals surface area contributed by atoms with Crippen LogP contribution in [-0.2, 0) is 0 Å². The molecule has 4 nitrogen and oxygen atoms in total. The maximum atomic E-state index is 11.1. The molecule has 2 aromatic rings. The number of aromatic nitrogens is 1. The number of hydrogen-bond acceptors (Lipinski definition) is 4. The molecule has 1 aromatic carbocycles. The standard InChI is InChI=1S/C21H26N2O2/c1-4-18-13(2)23-8-7-14(18)11-20(23)21(24)16-9-15-10-17(25-3)5-6-19(15)22-12-16/h4-6,9-10,12-14,18,20-21,24H,1,7-8,11H2,2-3H3/t13?,14?,18-,20+,21+/m0/s1.